The van der Waals surface area contributed by atoms with E-state index in [1.807, 2.05) is 0 Å². The summed E-state index contributed by atoms with van der Waals surface area (Å²) in [5, 5.41) is 4.39. The predicted octanol–water partition coefficient (Wildman–Crippen LogP) is 3.58. The number of halogens is 3. The Morgan fingerprint density at radius 3 is 2.57 bits per heavy atom. The minimum absolute atomic E-state index is 0.198. The summed E-state index contributed by atoms with van der Waals surface area (Å²) in [6.45, 7) is 2.02. The number of nitrogens with zero attached hydrogens (tertiary/aromatic N) is 4. The highest BCUT2D eigenvalue weighted by Crippen LogP contribution is 2.31. The Kier molecular flexibility index (Phi) is 3.67. The Labute approximate surface area is 129 Å². The summed E-state index contributed by atoms with van der Waals surface area (Å²) < 4.78 is 44.0. The molecule has 0 unspecified atom stereocenters. The van der Waals surface area contributed by atoms with Gasteiger partial charge in [-0.3, -0.25) is 0 Å². The van der Waals surface area contributed by atoms with Crippen LogP contribution in [-0.4, -0.2) is 22.2 Å². The van der Waals surface area contributed by atoms with Crippen molar-refractivity contribution < 1.29 is 17.7 Å². The number of hydrogen-bond donors (Lipinski definition) is 0. The molecule has 0 N–H and O–H groups in total. The lowest BCUT2D eigenvalue weighted by Gasteiger charge is -2.19. The van der Waals surface area contributed by atoms with Crippen molar-refractivity contribution in [3.63, 3.8) is 0 Å². The summed E-state index contributed by atoms with van der Waals surface area (Å²) in [5.74, 6) is -0.324. The Balaban J connectivity index is 2.07. The number of anilines is 1. The molecule has 0 saturated carbocycles. The lowest BCUT2D eigenvalue weighted by atomic mass is 10.2. The maximum Gasteiger partial charge on any atom is 0.451 e. The number of hydrogen-bond acceptors (Lipinski definition) is 5. The topological polar surface area (TPSA) is 55.1 Å². The van der Waals surface area contributed by atoms with Crippen LogP contribution in [0.15, 0.2) is 34.9 Å². The number of aromatic nitrogens is 3. The van der Waals surface area contributed by atoms with Gasteiger partial charge in [0.25, 0.3) is 0 Å². The molecule has 0 spiro atoms. The van der Waals surface area contributed by atoms with Gasteiger partial charge in [-0.15, -0.1) is 0 Å². The summed E-state index contributed by atoms with van der Waals surface area (Å²) in [4.78, 5) is 8.90. The molecule has 3 aromatic rings. The minimum Gasteiger partial charge on any atom is -0.361 e. The van der Waals surface area contributed by atoms with Crippen LogP contribution in [0.25, 0.3) is 10.9 Å². The van der Waals surface area contributed by atoms with E-state index < -0.39 is 12.0 Å². The van der Waals surface area contributed by atoms with E-state index in [1.54, 1.807) is 43.1 Å². The Morgan fingerprint density at radius 2 is 1.91 bits per heavy atom. The van der Waals surface area contributed by atoms with Crippen LogP contribution in [0.5, 0.6) is 0 Å². The first-order valence-corrected chi connectivity index (χ1v) is 6.82. The van der Waals surface area contributed by atoms with Crippen molar-refractivity contribution in [1.29, 1.82) is 0 Å². The second kappa shape index (κ2) is 5.53. The molecule has 1 aromatic carbocycles. The molecule has 0 aliphatic carbocycles. The van der Waals surface area contributed by atoms with Crippen molar-refractivity contribution in [3.8, 4) is 0 Å². The van der Waals surface area contributed by atoms with Crippen LogP contribution in [0.4, 0.5) is 19.0 Å². The van der Waals surface area contributed by atoms with Gasteiger partial charge >= 0.3 is 6.18 Å². The third-order valence-corrected chi connectivity index (χ3v) is 3.27. The van der Waals surface area contributed by atoms with Crippen molar-refractivity contribution >= 4 is 16.7 Å². The van der Waals surface area contributed by atoms with E-state index in [9.17, 15) is 13.2 Å². The normalized spacial score (nSPS) is 11.9. The molecule has 8 heteroatoms. The molecule has 0 fully saturated rings. The van der Waals surface area contributed by atoms with Gasteiger partial charge in [-0.2, -0.15) is 13.2 Å². The molecule has 0 saturated heterocycles. The first-order valence-electron chi connectivity index (χ1n) is 6.82. The number of fused-ring (bicyclic) bond motifs is 1. The molecule has 0 atom stereocenters. The molecule has 2 heterocycles. The smallest absolute Gasteiger partial charge is 0.361 e. The molecule has 120 valence electrons. The van der Waals surface area contributed by atoms with Crippen LogP contribution < -0.4 is 4.90 Å². The lowest BCUT2D eigenvalue weighted by molar-refractivity contribution is -0.144. The van der Waals surface area contributed by atoms with E-state index in [0.717, 1.165) is 0 Å². The Bertz CT molecular complexity index is 844. The van der Waals surface area contributed by atoms with Crippen molar-refractivity contribution in [2.75, 3.05) is 11.9 Å². The molecule has 3 rings (SSSR count). The maximum absolute atomic E-state index is 13.0. The molecule has 0 aliphatic heterocycles. The largest absolute Gasteiger partial charge is 0.451 e. The average Bonchev–Trinajstić information content (AvgIpc) is 2.90. The van der Waals surface area contributed by atoms with E-state index in [4.69, 9.17) is 4.52 Å². The fraction of sp³-hybridized carbons (Fsp3) is 0.267. The van der Waals surface area contributed by atoms with E-state index in [1.165, 1.54) is 6.07 Å². The molecule has 0 amide bonds. The van der Waals surface area contributed by atoms with E-state index >= 15 is 0 Å². The van der Waals surface area contributed by atoms with Gasteiger partial charge in [0.15, 0.2) is 0 Å². The Morgan fingerprint density at radius 1 is 1.17 bits per heavy atom. The van der Waals surface area contributed by atoms with Crippen molar-refractivity contribution in [2.45, 2.75) is 19.6 Å². The van der Waals surface area contributed by atoms with Gasteiger partial charge < -0.3 is 9.42 Å². The predicted molar refractivity (Wildman–Crippen MR) is 77.9 cm³/mol. The zero-order valence-corrected chi connectivity index (χ0v) is 12.4. The number of alkyl halides is 3. The van der Waals surface area contributed by atoms with E-state index in [2.05, 4.69) is 15.1 Å². The van der Waals surface area contributed by atoms with Gasteiger partial charge in [0.05, 0.1) is 12.1 Å². The zero-order valence-electron chi connectivity index (χ0n) is 12.4. The monoisotopic (exact) mass is 322 g/mol. The quantitative estimate of drug-likeness (QED) is 0.738. The molecule has 0 aliphatic rings. The number of rotatable bonds is 3. The molecule has 0 bridgehead atoms. The van der Waals surface area contributed by atoms with Crippen molar-refractivity contribution in [1.82, 2.24) is 15.1 Å². The number of benzene rings is 1. The number of para-hydroxylation sites is 1. The molecular weight excluding hydrogens is 309 g/mol. The van der Waals surface area contributed by atoms with E-state index in [-0.39, 0.29) is 17.9 Å². The number of aryl methyl sites for hydroxylation is 1. The van der Waals surface area contributed by atoms with Crippen LogP contribution in [0.1, 0.15) is 17.3 Å². The summed E-state index contributed by atoms with van der Waals surface area (Å²) in [5.41, 5.74) is 0.856. The third-order valence-electron chi connectivity index (χ3n) is 3.27. The molecular formula is C15H13F3N4O. The summed E-state index contributed by atoms with van der Waals surface area (Å²) in [7, 11) is 1.65. The second-order valence-corrected chi connectivity index (χ2v) is 5.17. The second-order valence-electron chi connectivity index (χ2n) is 5.17. The van der Waals surface area contributed by atoms with Crippen LogP contribution in [-0.2, 0) is 12.7 Å². The SMILES string of the molecule is Cc1cc(CN(C)c2nc(C(F)(F)F)nc3ccccc23)no1. The highest BCUT2D eigenvalue weighted by atomic mass is 19.4. The molecule has 2 aromatic heterocycles. The maximum atomic E-state index is 13.0. The highest BCUT2D eigenvalue weighted by Gasteiger charge is 2.35. The third kappa shape index (κ3) is 3.10. The van der Waals surface area contributed by atoms with Crippen LogP contribution in [0.3, 0.4) is 0 Å². The summed E-state index contributed by atoms with van der Waals surface area (Å²) in [6, 6.07) is 8.32. The highest BCUT2D eigenvalue weighted by molar-refractivity contribution is 5.89. The van der Waals surface area contributed by atoms with E-state index in [0.29, 0.717) is 16.8 Å². The standard InChI is InChI=1S/C15H13F3N4O/c1-9-7-10(21-23-9)8-22(2)13-11-5-3-4-6-12(11)19-14(20-13)15(16,17)18/h3-7H,8H2,1-2H3. The molecule has 23 heavy (non-hydrogen) atoms. The van der Waals surface area contributed by atoms with Crippen LogP contribution >= 0.6 is 0 Å². The van der Waals surface area contributed by atoms with Gasteiger partial charge in [-0.1, -0.05) is 17.3 Å². The lowest BCUT2D eigenvalue weighted by Crippen LogP contribution is -2.21. The molecule has 0 radical (unpaired) electrons. The Hall–Kier alpha value is -2.64. The van der Waals surface area contributed by atoms with Gasteiger partial charge in [0.1, 0.15) is 17.3 Å². The fourth-order valence-electron chi connectivity index (χ4n) is 2.29. The zero-order chi connectivity index (χ0) is 16.6. The fourth-order valence-corrected chi connectivity index (χ4v) is 2.29. The van der Waals surface area contributed by atoms with Crippen molar-refractivity contribution in [3.05, 3.63) is 47.6 Å². The summed E-state index contributed by atoms with van der Waals surface area (Å²) in [6.07, 6.45) is -4.61. The molecule has 5 nitrogen and oxygen atoms in total. The van der Waals surface area contributed by atoms with Crippen LogP contribution in [0, 0.1) is 6.92 Å². The average molecular weight is 322 g/mol. The van der Waals surface area contributed by atoms with Gasteiger partial charge in [-0.05, 0) is 19.1 Å². The summed E-state index contributed by atoms with van der Waals surface area (Å²) >= 11 is 0. The van der Waals surface area contributed by atoms with Gasteiger partial charge in [0.2, 0.25) is 5.82 Å². The first-order chi connectivity index (χ1) is 10.8. The first kappa shape index (κ1) is 15.3. The van der Waals surface area contributed by atoms with Gasteiger partial charge in [0, 0.05) is 18.5 Å². The minimum atomic E-state index is -4.61. The van der Waals surface area contributed by atoms with Crippen LogP contribution in [0.2, 0.25) is 0 Å². The van der Waals surface area contributed by atoms with Crippen molar-refractivity contribution in [2.24, 2.45) is 0 Å². The van der Waals surface area contributed by atoms with Gasteiger partial charge in [-0.25, -0.2) is 9.97 Å².